The van der Waals surface area contributed by atoms with Gasteiger partial charge in [-0.3, -0.25) is 4.98 Å². The molecule has 4 rings (SSSR count). The summed E-state index contributed by atoms with van der Waals surface area (Å²) in [5, 5.41) is 27.2. The first-order chi connectivity index (χ1) is 20.0. The summed E-state index contributed by atoms with van der Waals surface area (Å²) in [6.45, 7) is 4.76. The molecule has 0 spiro atoms. The number of pyridine rings is 1. The number of aliphatic hydroxyl groups is 2. The lowest BCUT2D eigenvalue weighted by Gasteiger charge is -2.56. The van der Waals surface area contributed by atoms with Crippen molar-refractivity contribution in [3.8, 4) is 11.4 Å². The van der Waals surface area contributed by atoms with Crippen molar-refractivity contribution in [1.82, 2.24) is 20.0 Å². The van der Waals surface area contributed by atoms with Crippen LogP contribution >= 0.6 is 0 Å². The minimum atomic E-state index is -3.42. The second kappa shape index (κ2) is 9.47. The number of hydrogen-bond donors (Lipinski definition) is 2. The predicted molar refractivity (Wildman–Crippen MR) is 142 cm³/mol. The molecule has 2 N–H and O–H groups in total. The molecule has 1 aliphatic heterocycles. The molecule has 0 aliphatic carbocycles. The van der Waals surface area contributed by atoms with E-state index in [1.54, 1.807) is 20.8 Å². The highest BCUT2D eigenvalue weighted by Gasteiger charge is 2.58. The Morgan fingerprint density at radius 1 is 1.13 bits per heavy atom. The van der Waals surface area contributed by atoms with E-state index in [1.165, 1.54) is 23.4 Å². The van der Waals surface area contributed by atoms with Crippen LogP contribution in [-0.4, -0.2) is 55.0 Å². The summed E-state index contributed by atoms with van der Waals surface area (Å²) >= 11 is 0. The first-order valence-corrected chi connectivity index (χ1v) is 12.4. The monoisotopic (exact) mass is 528 g/mol. The van der Waals surface area contributed by atoms with Crippen LogP contribution in [0.4, 0.5) is 4.79 Å². The maximum Gasteiger partial charge on any atom is 0.410 e. The van der Waals surface area contributed by atoms with E-state index in [2.05, 4.69) is 29.0 Å². The molecule has 1 aliphatic rings. The zero-order valence-corrected chi connectivity index (χ0v) is 22.4. The summed E-state index contributed by atoms with van der Waals surface area (Å²) in [4.78, 5) is 22.5. The molecule has 0 radical (unpaired) electrons. The molecule has 0 unspecified atom stereocenters. The zero-order chi connectivity index (χ0) is 33.1. The van der Waals surface area contributed by atoms with E-state index >= 15 is 0 Å². The van der Waals surface area contributed by atoms with Crippen LogP contribution in [0.25, 0.3) is 11.4 Å². The van der Waals surface area contributed by atoms with Gasteiger partial charge in [0.1, 0.15) is 16.8 Å². The first-order valence-electron chi connectivity index (χ1n) is 15.4. The van der Waals surface area contributed by atoms with Crippen LogP contribution in [0, 0.1) is 5.41 Å². The van der Waals surface area contributed by atoms with E-state index in [0.29, 0.717) is 11.1 Å². The molecule has 1 aromatic carbocycles. The lowest BCUT2D eigenvalue weighted by atomic mass is 9.62. The number of aromatic nitrogens is 3. The number of amides is 1. The average molecular weight is 529 g/mol. The number of likely N-dealkylation sites (tertiary alicyclic amines) is 1. The molecule has 38 heavy (non-hydrogen) atoms. The molecule has 2 aromatic heterocycles. The second-order valence-corrected chi connectivity index (χ2v) is 11.5. The summed E-state index contributed by atoms with van der Waals surface area (Å²) in [7, 11) is 0. The van der Waals surface area contributed by atoms with E-state index in [0.717, 1.165) is 5.56 Å². The Morgan fingerprint density at radius 2 is 1.79 bits per heavy atom. The molecular weight excluding hydrogens is 484 g/mol. The molecule has 0 saturated carbocycles. The zero-order valence-electron chi connectivity index (χ0n) is 28.4. The fourth-order valence-electron chi connectivity index (χ4n) is 4.70. The summed E-state index contributed by atoms with van der Waals surface area (Å²) in [5.41, 5.74) is -4.64. The smallest absolute Gasteiger partial charge is 0.410 e. The van der Waals surface area contributed by atoms with Gasteiger partial charge in [-0.1, -0.05) is 50.2 Å². The van der Waals surface area contributed by atoms with Gasteiger partial charge in [0, 0.05) is 50.2 Å². The van der Waals surface area contributed by atoms with Gasteiger partial charge in [0.25, 0.3) is 5.89 Å². The maximum atomic E-state index is 12.8. The van der Waals surface area contributed by atoms with Crippen LogP contribution in [-0.2, 0) is 15.9 Å². The summed E-state index contributed by atoms with van der Waals surface area (Å²) in [6.07, 6.45) is 2.29. The fraction of sp³-hybridized carbons (Fsp3) is 0.517. The van der Waals surface area contributed by atoms with E-state index in [4.69, 9.17) is 17.5 Å². The molecule has 3 heterocycles. The minimum Gasteiger partial charge on any atom is -0.444 e. The molecule has 9 heteroatoms. The Hall–Kier alpha value is -3.30. The van der Waals surface area contributed by atoms with Gasteiger partial charge < -0.3 is 24.4 Å². The predicted octanol–water partition coefficient (Wildman–Crippen LogP) is 4.98. The Morgan fingerprint density at radius 3 is 2.37 bits per heavy atom. The highest BCUT2D eigenvalue weighted by Crippen LogP contribution is 2.51. The fourth-order valence-corrected chi connectivity index (χ4v) is 4.70. The van der Waals surface area contributed by atoms with Crippen LogP contribution in [0.2, 0.25) is 0 Å². The SMILES string of the molecule is [2H]C([2H])([2H])C(O)(c1nc(-c2cncc([C@@](O)(c3ccc(C(C)C)cc3)C3(C)CN(C(=O)OC(C)(C)C)C3)c2)no1)C([2H])([2H])[2H]. The Kier molecular flexibility index (Phi) is 5.14. The quantitative estimate of drug-likeness (QED) is 0.460. The molecule has 1 amide bonds. The number of ether oxygens (including phenoxy) is 1. The molecular formula is C29H38N4O5. The lowest BCUT2D eigenvalue weighted by molar-refractivity contribution is -0.131. The van der Waals surface area contributed by atoms with Crippen molar-refractivity contribution < 1.29 is 32.5 Å². The van der Waals surface area contributed by atoms with Crippen molar-refractivity contribution in [2.75, 3.05) is 13.1 Å². The van der Waals surface area contributed by atoms with Crippen molar-refractivity contribution in [1.29, 1.82) is 0 Å². The second-order valence-electron chi connectivity index (χ2n) is 11.5. The lowest BCUT2D eigenvalue weighted by Crippen LogP contribution is -2.66. The Labute approximate surface area is 232 Å². The van der Waals surface area contributed by atoms with Crippen LogP contribution in [0.1, 0.15) is 92.0 Å². The molecule has 1 atom stereocenters. The third-order valence-electron chi connectivity index (χ3n) is 6.75. The van der Waals surface area contributed by atoms with E-state index in [9.17, 15) is 15.0 Å². The highest BCUT2D eigenvalue weighted by atomic mass is 16.6. The largest absolute Gasteiger partial charge is 0.444 e. The highest BCUT2D eigenvalue weighted by molar-refractivity contribution is 5.70. The first kappa shape index (κ1) is 20.6. The molecule has 1 saturated heterocycles. The number of hydrogen-bond acceptors (Lipinski definition) is 8. The molecule has 9 nitrogen and oxygen atoms in total. The number of carbonyl (C=O) groups is 1. The van der Waals surface area contributed by atoms with E-state index in [-0.39, 0.29) is 30.4 Å². The van der Waals surface area contributed by atoms with Crippen molar-refractivity contribution in [3.05, 3.63) is 65.3 Å². The van der Waals surface area contributed by atoms with Crippen LogP contribution in [0.5, 0.6) is 0 Å². The summed E-state index contributed by atoms with van der Waals surface area (Å²) < 4.78 is 56.4. The van der Waals surface area contributed by atoms with Gasteiger partial charge in [0.15, 0.2) is 0 Å². The van der Waals surface area contributed by atoms with Gasteiger partial charge in [-0.25, -0.2) is 4.79 Å². The van der Waals surface area contributed by atoms with Gasteiger partial charge in [-0.05, 0) is 57.6 Å². The number of carbonyl (C=O) groups excluding carboxylic acids is 1. The summed E-state index contributed by atoms with van der Waals surface area (Å²) in [5.74, 6) is -0.996. The molecule has 204 valence electrons. The minimum absolute atomic E-state index is 0.158. The normalized spacial score (nSPS) is 20.2. The Bertz CT molecular complexity index is 1490. The van der Waals surface area contributed by atoms with Gasteiger partial charge in [0.05, 0.1) is 0 Å². The third kappa shape index (κ3) is 5.17. The van der Waals surface area contributed by atoms with Gasteiger partial charge >= 0.3 is 6.09 Å². The van der Waals surface area contributed by atoms with Gasteiger partial charge in [-0.2, -0.15) is 4.98 Å². The average Bonchev–Trinajstić information content (AvgIpc) is 3.38. The van der Waals surface area contributed by atoms with E-state index < -0.39 is 47.9 Å². The Balaban J connectivity index is 1.79. The number of nitrogens with zero attached hydrogens (tertiary/aromatic N) is 4. The van der Waals surface area contributed by atoms with E-state index in [1.807, 2.05) is 31.2 Å². The standard InChI is InChI=1S/C29H38N4O5/c1-18(2)19-9-11-21(12-10-19)29(36,28(8)16-33(17-28)25(34)37-26(3,4)5)22-13-20(14-30-15-22)23-31-24(38-32-23)27(6,7)35/h9-15,18,35-36H,16-17H2,1-8H3/t29-/m0/s1/i6D3,7D3. The van der Waals surface area contributed by atoms with Crippen LogP contribution in [0.3, 0.4) is 0 Å². The van der Waals surface area contributed by atoms with Crippen molar-refractivity contribution >= 4 is 6.09 Å². The van der Waals surface area contributed by atoms with Crippen LogP contribution < -0.4 is 0 Å². The summed E-state index contributed by atoms with van der Waals surface area (Å²) in [6, 6.07) is 9.02. The molecule has 3 aromatic rings. The topological polar surface area (TPSA) is 122 Å². The van der Waals surface area contributed by atoms with Crippen LogP contribution in [0.15, 0.2) is 47.2 Å². The number of rotatable bonds is 6. The third-order valence-corrected chi connectivity index (χ3v) is 6.75. The maximum absolute atomic E-state index is 12.8. The van der Waals surface area contributed by atoms with Gasteiger partial charge in [0.2, 0.25) is 5.82 Å². The number of benzene rings is 1. The van der Waals surface area contributed by atoms with Crippen molar-refractivity contribution in [3.63, 3.8) is 0 Å². The van der Waals surface area contributed by atoms with Crippen molar-refractivity contribution in [2.24, 2.45) is 5.41 Å². The molecule has 1 fully saturated rings. The van der Waals surface area contributed by atoms with Gasteiger partial charge in [-0.15, -0.1) is 0 Å². The van der Waals surface area contributed by atoms with Crippen molar-refractivity contribution in [2.45, 2.75) is 78.0 Å². The molecule has 0 bridgehead atoms.